The third kappa shape index (κ3) is 4.79. The zero-order valence-electron chi connectivity index (χ0n) is 19.9. The van der Waals surface area contributed by atoms with Crippen LogP contribution in [0.5, 0.6) is 0 Å². The maximum Gasteiger partial charge on any atom is 0.254 e. The molecule has 178 valence electrons. The molecule has 0 spiro atoms. The second kappa shape index (κ2) is 9.68. The molecule has 1 N–H and O–H groups in total. The Morgan fingerprint density at radius 1 is 0.943 bits per heavy atom. The van der Waals surface area contributed by atoms with E-state index >= 15 is 0 Å². The first-order valence-electron chi connectivity index (χ1n) is 11.8. The van der Waals surface area contributed by atoms with Crippen LogP contribution in [-0.2, 0) is 11.8 Å². The molecule has 0 radical (unpaired) electrons. The zero-order valence-corrected chi connectivity index (χ0v) is 19.9. The summed E-state index contributed by atoms with van der Waals surface area (Å²) in [4.78, 5) is 34.9. The Balaban J connectivity index is 1.32. The van der Waals surface area contributed by atoms with Gasteiger partial charge in [0.15, 0.2) is 5.65 Å². The molecular weight excluding hydrogens is 440 g/mol. The fourth-order valence-corrected chi connectivity index (χ4v) is 4.57. The molecule has 2 aromatic carbocycles. The summed E-state index contributed by atoms with van der Waals surface area (Å²) in [7, 11) is 1.85. The summed E-state index contributed by atoms with van der Waals surface area (Å²) in [6, 6.07) is 21.2. The summed E-state index contributed by atoms with van der Waals surface area (Å²) in [5, 5.41) is 8.24. The third-order valence-corrected chi connectivity index (χ3v) is 6.35. The number of hydrogen-bond donors (Lipinski definition) is 1. The van der Waals surface area contributed by atoms with Crippen molar-refractivity contribution in [1.82, 2.24) is 24.6 Å². The van der Waals surface area contributed by atoms with Crippen molar-refractivity contribution >= 4 is 28.5 Å². The Bertz CT molecular complexity index is 1360. The Morgan fingerprint density at radius 2 is 1.60 bits per heavy atom. The lowest BCUT2D eigenvalue weighted by Crippen LogP contribution is -2.50. The zero-order chi connectivity index (χ0) is 24.4. The van der Waals surface area contributed by atoms with Gasteiger partial charge in [-0.3, -0.25) is 19.2 Å². The number of amides is 2. The molecule has 0 aliphatic carbocycles. The van der Waals surface area contributed by atoms with E-state index in [1.807, 2.05) is 85.6 Å². The Hall–Kier alpha value is -4.04. The summed E-state index contributed by atoms with van der Waals surface area (Å²) in [5.41, 5.74) is 4.60. The molecule has 5 rings (SSSR count). The highest BCUT2D eigenvalue weighted by Gasteiger charge is 2.27. The van der Waals surface area contributed by atoms with Crippen molar-refractivity contribution in [3.8, 4) is 11.3 Å². The predicted octanol–water partition coefficient (Wildman–Crippen LogP) is 3.34. The second-order valence-corrected chi connectivity index (χ2v) is 8.81. The molecule has 0 bridgehead atoms. The molecule has 2 aromatic heterocycles. The average molecular weight is 469 g/mol. The van der Waals surface area contributed by atoms with Gasteiger partial charge in [-0.2, -0.15) is 5.10 Å². The van der Waals surface area contributed by atoms with Crippen LogP contribution in [0, 0.1) is 6.92 Å². The highest BCUT2D eigenvalue weighted by atomic mass is 16.2. The maximum atomic E-state index is 13.7. The van der Waals surface area contributed by atoms with Crippen molar-refractivity contribution in [3.63, 3.8) is 0 Å². The van der Waals surface area contributed by atoms with E-state index in [2.05, 4.69) is 15.3 Å². The molecule has 0 atom stereocenters. The van der Waals surface area contributed by atoms with Crippen LogP contribution in [0.15, 0.2) is 66.7 Å². The number of anilines is 1. The van der Waals surface area contributed by atoms with Gasteiger partial charge >= 0.3 is 0 Å². The monoisotopic (exact) mass is 468 g/mol. The van der Waals surface area contributed by atoms with E-state index in [0.717, 1.165) is 28.0 Å². The molecule has 0 saturated carbocycles. The van der Waals surface area contributed by atoms with Gasteiger partial charge in [-0.15, -0.1) is 0 Å². The van der Waals surface area contributed by atoms with Crippen molar-refractivity contribution in [2.24, 2.45) is 7.05 Å². The highest BCUT2D eigenvalue weighted by Crippen LogP contribution is 2.28. The van der Waals surface area contributed by atoms with Gasteiger partial charge in [0, 0.05) is 44.5 Å². The Morgan fingerprint density at radius 3 is 2.29 bits per heavy atom. The summed E-state index contributed by atoms with van der Waals surface area (Å²) < 4.78 is 1.73. The number of carbonyl (C=O) groups excluding carboxylic acids is 2. The highest BCUT2D eigenvalue weighted by molar-refractivity contribution is 6.07. The number of para-hydroxylation sites is 1. The number of rotatable bonds is 5. The molecule has 8 nitrogen and oxygen atoms in total. The lowest BCUT2D eigenvalue weighted by Gasteiger charge is -2.34. The molecule has 1 saturated heterocycles. The van der Waals surface area contributed by atoms with E-state index in [0.29, 0.717) is 43.9 Å². The fraction of sp³-hybridized carbons (Fsp3) is 0.259. The van der Waals surface area contributed by atoms with Gasteiger partial charge in [0.25, 0.3) is 5.91 Å². The van der Waals surface area contributed by atoms with Gasteiger partial charge in [-0.05, 0) is 25.1 Å². The average Bonchev–Trinajstić information content (AvgIpc) is 3.17. The van der Waals surface area contributed by atoms with Crippen molar-refractivity contribution in [2.45, 2.75) is 6.92 Å². The normalized spacial score (nSPS) is 14.3. The topological polar surface area (TPSA) is 83.4 Å². The van der Waals surface area contributed by atoms with E-state index in [-0.39, 0.29) is 11.8 Å². The molecule has 3 heterocycles. The number of fused-ring (bicyclic) bond motifs is 1. The number of nitrogens with zero attached hydrogens (tertiary/aromatic N) is 5. The maximum absolute atomic E-state index is 13.7. The quantitative estimate of drug-likeness (QED) is 0.486. The van der Waals surface area contributed by atoms with Gasteiger partial charge in [0.05, 0.1) is 28.9 Å². The van der Waals surface area contributed by atoms with Gasteiger partial charge in [0.2, 0.25) is 5.91 Å². The van der Waals surface area contributed by atoms with E-state index in [1.54, 1.807) is 4.68 Å². The van der Waals surface area contributed by atoms with Crippen LogP contribution in [0.2, 0.25) is 0 Å². The lowest BCUT2D eigenvalue weighted by molar-refractivity contribution is -0.117. The number of aryl methyl sites for hydroxylation is 2. The van der Waals surface area contributed by atoms with Crippen molar-refractivity contribution in [3.05, 3.63) is 78.0 Å². The number of nitrogens with one attached hydrogen (secondary N) is 1. The Labute approximate surface area is 204 Å². The van der Waals surface area contributed by atoms with Crippen molar-refractivity contribution in [2.75, 3.05) is 38.0 Å². The largest absolute Gasteiger partial charge is 0.336 e. The van der Waals surface area contributed by atoms with E-state index in [4.69, 9.17) is 4.98 Å². The van der Waals surface area contributed by atoms with E-state index in [1.165, 1.54) is 0 Å². The standard InChI is InChI=1S/C27H28N6O2/c1-19-25-22(17-23(20-9-5-3-6-10-20)29-26(25)31(2)30-19)27(35)33-15-13-32(14-16-33)18-24(34)28-21-11-7-4-8-12-21/h3-12,17H,13-16,18H2,1-2H3,(H,28,34). The van der Waals surface area contributed by atoms with Gasteiger partial charge < -0.3 is 10.2 Å². The van der Waals surface area contributed by atoms with Crippen LogP contribution < -0.4 is 5.32 Å². The fourth-order valence-electron chi connectivity index (χ4n) is 4.57. The molecule has 1 aliphatic rings. The van der Waals surface area contributed by atoms with Crippen LogP contribution in [-0.4, -0.2) is 69.1 Å². The van der Waals surface area contributed by atoms with Crippen LogP contribution >= 0.6 is 0 Å². The van der Waals surface area contributed by atoms with Crippen LogP contribution in [0.3, 0.4) is 0 Å². The molecule has 8 heteroatoms. The number of carbonyl (C=O) groups is 2. The minimum Gasteiger partial charge on any atom is -0.336 e. The van der Waals surface area contributed by atoms with Crippen LogP contribution in [0.4, 0.5) is 5.69 Å². The van der Waals surface area contributed by atoms with E-state index in [9.17, 15) is 9.59 Å². The number of hydrogen-bond acceptors (Lipinski definition) is 5. The minimum atomic E-state index is -0.0506. The molecule has 4 aromatic rings. The first-order chi connectivity index (χ1) is 17.0. The lowest BCUT2D eigenvalue weighted by atomic mass is 10.0. The summed E-state index contributed by atoms with van der Waals surface area (Å²) in [6.45, 7) is 4.60. The van der Waals surface area contributed by atoms with E-state index < -0.39 is 0 Å². The number of pyridine rings is 1. The first-order valence-corrected chi connectivity index (χ1v) is 11.8. The molecule has 1 aliphatic heterocycles. The van der Waals surface area contributed by atoms with Gasteiger partial charge in [-0.25, -0.2) is 4.98 Å². The number of piperazine rings is 1. The van der Waals surface area contributed by atoms with Crippen molar-refractivity contribution < 1.29 is 9.59 Å². The minimum absolute atomic E-state index is 0.0286. The molecular formula is C27H28N6O2. The van der Waals surface area contributed by atoms with Gasteiger partial charge in [-0.1, -0.05) is 48.5 Å². The number of aromatic nitrogens is 3. The molecule has 1 fully saturated rings. The predicted molar refractivity (Wildman–Crippen MR) is 136 cm³/mol. The van der Waals surface area contributed by atoms with Crippen molar-refractivity contribution in [1.29, 1.82) is 0 Å². The Kier molecular flexibility index (Phi) is 6.29. The summed E-state index contributed by atoms with van der Waals surface area (Å²) in [5.74, 6) is -0.0793. The molecule has 35 heavy (non-hydrogen) atoms. The smallest absolute Gasteiger partial charge is 0.254 e. The molecule has 2 amide bonds. The summed E-state index contributed by atoms with van der Waals surface area (Å²) >= 11 is 0. The third-order valence-electron chi connectivity index (χ3n) is 6.35. The van der Waals surface area contributed by atoms with Gasteiger partial charge in [0.1, 0.15) is 0 Å². The number of benzene rings is 2. The second-order valence-electron chi connectivity index (χ2n) is 8.81. The van der Waals surface area contributed by atoms with Crippen LogP contribution in [0.1, 0.15) is 16.1 Å². The summed E-state index contributed by atoms with van der Waals surface area (Å²) in [6.07, 6.45) is 0. The first kappa shape index (κ1) is 22.7. The SMILES string of the molecule is Cc1nn(C)c2nc(-c3ccccc3)cc(C(=O)N3CCN(CC(=O)Nc4ccccc4)CC3)c12. The molecule has 0 unspecified atom stereocenters. The van der Waals surface area contributed by atoms with Crippen LogP contribution in [0.25, 0.3) is 22.3 Å².